The monoisotopic (exact) mass is 340 g/mol. The summed E-state index contributed by atoms with van der Waals surface area (Å²) >= 11 is 0. The van der Waals surface area contributed by atoms with Crippen LogP contribution >= 0.6 is 0 Å². The zero-order valence-corrected chi connectivity index (χ0v) is 13.6. The van der Waals surface area contributed by atoms with Gasteiger partial charge in [0.1, 0.15) is 5.82 Å². The molecule has 1 saturated carbocycles. The summed E-state index contributed by atoms with van der Waals surface area (Å²) < 4.78 is 28.4. The molecule has 2 unspecified atom stereocenters. The van der Waals surface area contributed by atoms with Crippen LogP contribution in [0.4, 0.5) is 14.5 Å². The Morgan fingerprint density at radius 3 is 2.72 bits per heavy atom. The minimum Gasteiger partial charge on any atom is -0.379 e. The Morgan fingerprint density at radius 1 is 1.08 bits per heavy atom. The maximum Gasteiger partial charge on any atom is 0.189 e. The molecule has 4 nitrogen and oxygen atoms in total. The van der Waals surface area contributed by atoms with Crippen LogP contribution in [0.5, 0.6) is 0 Å². The predicted molar refractivity (Wildman–Crippen MR) is 91.7 cm³/mol. The second kappa shape index (κ2) is 6.63. The zero-order valence-electron chi connectivity index (χ0n) is 13.6. The molecule has 0 spiro atoms. The number of rotatable bonds is 4. The van der Waals surface area contributed by atoms with E-state index in [-0.39, 0.29) is 17.7 Å². The van der Waals surface area contributed by atoms with Crippen molar-refractivity contribution in [1.82, 2.24) is 14.8 Å². The topological polar surface area (TPSA) is 42.7 Å². The van der Waals surface area contributed by atoms with E-state index in [1.165, 1.54) is 29.1 Å². The molecule has 0 amide bonds. The molecule has 1 aliphatic carbocycles. The average Bonchev–Trinajstić information content (AvgIpc) is 3.26. The third-order valence-corrected chi connectivity index (χ3v) is 4.70. The van der Waals surface area contributed by atoms with Crippen LogP contribution in [0, 0.1) is 11.6 Å². The highest BCUT2D eigenvalue weighted by atomic mass is 19.1. The van der Waals surface area contributed by atoms with Crippen molar-refractivity contribution in [1.29, 1.82) is 0 Å². The van der Waals surface area contributed by atoms with Gasteiger partial charge in [0.25, 0.3) is 0 Å². The van der Waals surface area contributed by atoms with Crippen LogP contribution in [0.15, 0.2) is 55.0 Å². The molecule has 3 aromatic rings. The molecule has 128 valence electrons. The quantitative estimate of drug-likeness (QED) is 0.770. The van der Waals surface area contributed by atoms with Gasteiger partial charge in [-0.25, -0.2) is 18.4 Å². The van der Waals surface area contributed by atoms with Gasteiger partial charge >= 0.3 is 0 Å². The fraction of sp³-hybridized carbons (Fsp3) is 0.263. The highest BCUT2D eigenvalue weighted by Gasteiger charge is 2.28. The summed E-state index contributed by atoms with van der Waals surface area (Å²) in [5.74, 6) is -0.125. The molecule has 2 atom stereocenters. The molecule has 1 N–H and O–H groups in total. The molecule has 2 heterocycles. The van der Waals surface area contributed by atoms with Crippen LogP contribution in [-0.4, -0.2) is 20.8 Å². The normalized spacial score (nSPS) is 19.9. The molecule has 6 heteroatoms. The number of halogens is 2. The van der Waals surface area contributed by atoms with E-state index in [0.29, 0.717) is 5.92 Å². The second-order valence-electron chi connectivity index (χ2n) is 6.32. The van der Waals surface area contributed by atoms with Crippen LogP contribution in [0.1, 0.15) is 30.7 Å². The van der Waals surface area contributed by atoms with E-state index >= 15 is 0 Å². The Kier molecular flexibility index (Phi) is 4.17. The van der Waals surface area contributed by atoms with E-state index in [1.807, 2.05) is 12.1 Å². The summed E-state index contributed by atoms with van der Waals surface area (Å²) in [5, 5.41) is 7.69. The van der Waals surface area contributed by atoms with Gasteiger partial charge in [-0.3, -0.25) is 0 Å². The van der Waals surface area contributed by atoms with Crippen molar-refractivity contribution in [2.24, 2.45) is 0 Å². The van der Waals surface area contributed by atoms with Gasteiger partial charge < -0.3 is 5.32 Å². The minimum atomic E-state index is -0.415. The summed E-state index contributed by atoms with van der Waals surface area (Å²) in [6, 6.07) is 9.88. The largest absolute Gasteiger partial charge is 0.379 e. The minimum absolute atomic E-state index is 0.178. The molecular formula is C19H18F2N4. The molecular weight excluding hydrogens is 322 g/mol. The Hall–Kier alpha value is -2.76. The lowest BCUT2D eigenvalue weighted by Crippen LogP contribution is -2.22. The van der Waals surface area contributed by atoms with Crippen molar-refractivity contribution in [3.63, 3.8) is 0 Å². The lowest BCUT2D eigenvalue weighted by Gasteiger charge is -2.21. The van der Waals surface area contributed by atoms with Crippen molar-refractivity contribution >= 4 is 5.69 Å². The van der Waals surface area contributed by atoms with Crippen molar-refractivity contribution in [2.75, 3.05) is 5.32 Å². The maximum absolute atomic E-state index is 13.8. The van der Waals surface area contributed by atoms with E-state index in [0.717, 1.165) is 30.5 Å². The standard InChI is InChI=1S/C19H18F2N4/c20-14-8-6-13(7-9-14)16-3-1-5-18(16)24-15-11-23-25(12-15)19-17(21)4-2-10-22-19/h2,4,6-12,16,18,24H,1,3,5H2. The Bertz CT molecular complexity index is 860. The van der Waals surface area contributed by atoms with Gasteiger partial charge in [0.2, 0.25) is 0 Å². The number of aromatic nitrogens is 3. The van der Waals surface area contributed by atoms with Crippen molar-refractivity contribution in [3.05, 3.63) is 72.2 Å². The number of hydrogen-bond acceptors (Lipinski definition) is 3. The number of nitrogens with one attached hydrogen (secondary N) is 1. The van der Waals surface area contributed by atoms with E-state index in [4.69, 9.17) is 0 Å². The molecule has 25 heavy (non-hydrogen) atoms. The number of pyridine rings is 1. The Labute approximate surface area is 144 Å². The van der Waals surface area contributed by atoms with Crippen molar-refractivity contribution in [2.45, 2.75) is 31.2 Å². The van der Waals surface area contributed by atoms with Crippen molar-refractivity contribution < 1.29 is 8.78 Å². The summed E-state index contributed by atoms with van der Waals surface area (Å²) in [7, 11) is 0. The zero-order chi connectivity index (χ0) is 17.2. The van der Waals surface area contributed by atoms with Crippen LogP contribution in [0.25, 0.3) is 5.82 Å². The SMILES string of the molecule is Fc1ccc(C2CCCC2Nc2cnn(-c3ncccc3F)c2)cc1. The molecule has 1 fully saturated rings. The van der Waals surface area contributed by atoms with Crippen LogP contribution in [-0.2, 0) is 0 Å². The Balaban J connectivity index is 1.52. The molecule has 1 aromatic carbocycles. The van der Waals surface area contributed by atoms with Gasteiger partial charge in [-0.05, 0) is 42.7 Å². The van der Waals surface area contributed by atoms with Gasteiger partial charge in [-0.1, -0.05) is 18.6 Å². The van der Waals surface area contributed by atoms with Gasteiger partial charge in [0.05, 0.1) is 18.1 Å². The van der Waals surface area contributed by atoms with Crippen LogP contribution < -0.4 is 5.32 Å². The number of nitrogens with zero attached hydrogens (tertiary/aromatic N) is 3. The van der Waals surface area contributed by atoms with E-state index < -0.39 is 5.82 Å². The Morgan fingerprint density at radius 2 is 1.92 bits per heavy atom. The van der Waals surface area contributed by atoms with Gasteiger partial charge in [-0.15, -0.1) is 0 Å². The number of anilines is 1. The van der Waals surface area contributed by atoms with E-state index in [9.17, 15) is 8.78 Å². The first kappa shape index (κ1) is 15.7. The first-order chi connectivity index (χ1) is 12.2. The van der Waals surface area contributed by atoms with Crippen LogP contribution in [0.3, 0.4) is 0 Å². The third kappa shape index (κ3) is 3.24. The highest BCUT2D eigenvalue weighted by molar-refractivity contribution is 5.43. The summed E-state index contributed by atoms with van der Waals surface area (Å²) in [6.07, 6.45) is 8.16. The molecule has 0 saturated heterocycles. The number of hydrogen-bond donors (Lipinski definition) is 1. The fourth-order valence-corrected chi connectivity index (χ4v) is 3.51. The first-order valence-electron chi connectivity index (χ1n) is 8.38. The summed E-state index contributed by atoms with van der Waals surface area (Å²) in [6.45, 7) is 0. The smallest absolute Gasteiger partial charge is 0.189 e. The van der Waals surface area contributed by atoms with Gasteiger partial charge in [-0.2, -0.15) is 5.10 Å². The molecule has 0 radical (unpaired) electrons. The summed E-state index contributed by atoms with van der Waals surface area (Å²) in [5.41, 5.74) is 1.96. The predicted octanol–water partition coefficient (Wildman–Crippen LogP) is 4.29. The molecule has 1 aliphatic rings. The molecule has 0 aliphatic heterocycles. The van der Waals surface area contributed by atoms with E-state index in [2.05, 4.69) is 15.4 Å². The second-order valence-corrected chi connectivity index (χ2v) is 6.32. The fourth-order valence-electron chi connectivity index (χ4n) is 3.51. The molecule has 2 aromatic heterocycles. The van der Waals surface area contributed by atoms with Crippen LogP contribution in [0.2, 0.25) is 0 Å². The first-order valence-corrected chi connectivity index (χ1v) is 8.38. The highest BCUT2D eigenvalue weighted by Crippen LogP contribution is 2.36. The maximum atomic E-state index is 13.8. The molecule has 4 rings (SSSR count). The van der Waals surface area contributed by atoms with E-state index in [1.54, 1.807) is 18.5 Å². The van der Waals surface area contributed by atoms with Gasteiger partial charge in [0.15, 0.2) is 11.6 Å². The lowest BCUT2D eigenvalue weighted by molar-refractivity contribution is 0.600. The molecule has 0 bridgehead atoms. The number of benzene rings is 1. The summed E-state index contributed by atoms with van der Waals surface area (Å²) in [4.78, 5) is 4.03. The lowest BCUT2D eigenvalue weighted by atomic mass is 9.94. The average molecular weight is 340 g/mol. The van der Waals surface area contributed by atoms with Crippen molar-refractivity contribution in [3.8, 4) is 5.82 Å². The third-order valence-electron chi connectivity index (χ3n) is 4.70. The van der Waals surface area contributed by atoms with Gasteiger partial charge in [0, 0.05) is 18.2 Å².